The van der Waals surface area contributed by atoms with Crippen LogP contribution in [0.5, 0.6) is 0 Å². The summed E-state index contributed by atoms with van der Waals surface area (Å²) in [5.41, 5.74) is 0. The van der Waals surface area contributed by atoms with E-state index in [0.29, 0.717) is 46.3 Å². The van der Waals surface area contributed by atoms with Gasteiger partial charge in [0.1, 0.15) is 0 Å². The summed E-state index contributed by atoms with van der Waals surface area (Å²) in [7, 11) is 0. The SMILES string of the molecule is O=C1CCC/C=C/CCCC1[Se]c1ccccc1.O=C1CCCC/C=C/CCC1[Se]c1ccccc1. The Labute approximate surface area is 230 Å². The van der Waals surface area contributed by atoms with E-state index in [2.05, 4.69) is 72.8 Å². The summed E-state index contributed by atoms with van der Waals surface area (Å²) in [5.74, 6) is 0.989. The van der Waals surface area contributed by atoms with Crippen molar-refractivity contribution in [3.63, 3.8) is 0 Å². The molecule has 2 atom stereocenters. The molecule has 2 aliphatic rings. The Kier molecular flexibility index (Phi) is 14.2. The van der Waals surface area contributed by atoms with Gasteiger partial charge in [-0.1, -0.05) is 0 Å². The summed E-state index contributed by atoms with van der Waals surface area (Å²) in [6.07, 6.45) is 21.5. The average Bonchev–Trinajstić information content (AvgIpc) is 2.91. The van der Waals surface area contributed by atoms with Crippen LogP contribution in [0.15, 0.2) is 85.0 Å². The molecule has 2 aliphatic carbocycles. The fourth-order valence-corrected chi connectivity index (χ4v) is 9.19. The van der Waals surface area contributed by atoms with Crippen LogP contribution in [0.25, 0.3) is 0 Å². The first-order chi connectivity index (χ1) is 17.7. The maximum absolute atomic E-state index is 12.2. The second-order valence-corrected chi connectivity index (χ2v) is 14.7. The van der Waals surface area contributed by atoms with Crippen LogP contribution in [0.1, 0.15) is 77.0 Å². The van der Waals surface area contributed by atoms with Gasteiger partial charge in [0.25, 0.3) is 0 Å². The summed E-state index contributed by atoms with van der Waals surface area (Å²) >= 11 is 0.604. The van der Waals surface area contributed by atoms with E-state index in [1.165, 1.54) is 8.92 Å². The van der Waals surface area contributed by atoms with E-state index in [1.54, 1.807) is 0 Å². The average molecular weight is 615 g/mol. The number of carbonyl (C=O) groups is 2. The molecule has 0 bridgehead atoms. The van der Waals surface area contributed by atoms with Crippen LogP contribution in [0, 0.1) is 0 Å². The van der Waals surface area contributed by atoms with Gasteiger partial charge >= 0.3 is 232 Å². The number of hydrogen-bond donors (Lipinski definition) is 0. The Morgan fingerprint density at radius 1 is 0.500 bits per heavy atom. The van der Waals surface area contributed by atoms with E-state index in [0.717, 1.165) is 77.0 Å². The molecule has 0 amide bonds. The van der Waals surface area contributed by atoms with Crippen molar-refractivity contribution in [1.82, 2.24) is 0 Å². The van der Waals surface area contributed by atoms with Crippen molar-refractivity contribution in [2.45, 2.75) is 86.7 Å². The molecule has 0 aromatic heterocycles. The zero-order valence-electron chi connectivity index (χ0n) is 21.4. The molecule has 0 saturated heterocycles. The third-order valence-electron chi connectivity index (χ3n) is 6.37. The zero-order chi connectivity index (χ0) is 25.3. The van der Waals surface area contributed by atoms with Crippen molar-refractivity contribution in [2.75, 3.05) is 0 Å². The number of allylic oxidation sites excluding steroid dienone is 4. The Morgan fingerprint density at radius 2 is 0.972 bits per heavy atom. The molecule has 0 N–H and O–H groups in total. The van der Waals surface area contributed by atoms with Crippen LogP contribution in [-0.2, 0) is 9.59 Å². The van der Waals surface area contributed by atoms with Gasteiger partial charge in [-0.25, -0.2) is 0 Å². The van der Waals surface area contributed by atoms with Gasteiger partial charge in [0.05, 0.1) is 0 Å². The fourth-order valence-electron chi connectivity index (χ4n) is 4.32. The van der Waals surface area contributed by atoms with Gasteiger partial charge in [-0.15, -0.1) is 0 Å². The first-order valence-electron chi connectivity index (χ1n) is 13.5. The van der Waals surface area contributed by atoms with E-state index >= 15 is 0 Å². The molecule has 4 rings (SSSR count). The molecule has 2 aromatic carbocycles. The van der Waals surface area contributed by atoms with Crippen molar-refractivity contribution in [3.8, 4) is 0 Å². The normalized spacial score (nSPS) is 23.6. The summed E-state index contributed by atoms with van der Waals surface area (Å²) in [5, 5.41) is 0. The molecular weight excluding hydrogens is 574 g/mol. The van der Waals surface area contributed by atoms with Crippen molar-refractivity contribution in [3.05, 3.63) is 85.0 Å². The monoisotopic (exact) mass is 616 g/mol. The molecule has 0 spiro atoms. The molecule has 2 nitrogen and oxygen atoms in total. The zero-order valence-corrected chi connectivity index (χ0v) is 24.8. The Bertz CT molecular complexity index is 951. The van der Waals surface area contributed by atoms with Crippen molar-refractivity contribution < 1.29 is 9.59 Å². The van der Waals surface area contributed by atoms with Crippen LogP contribution >= 0.6 is 0 Å². The van der Waals surface area contributed by atoms with Crippen molar-refractivity contribution >= 4 is 50.4 Å². The molecule has 36 heavy (non-hydrogen) atoms. The topological polar surface area (TPSA) is 34.1 Å². The van der Waals surface area contributed by atoms with Crippen LogP contribution in [0.4, 0.5) is 0 Å². The summed E-state index contributed by atoms with van der Waals surface area (Å²) in [6.45, 7) is 0. The second kappa shape index (κ2) is 17.7. The summed E-state index contributed by atoms with van der Waals surface area (Å²) < 4.78 is 2.71. The first-order valence-corrected chi connectivity index (χ1v) is 17.2. The summed E-state index contributed by atoms with van der Waals surface area (Å²) in [4.78, 5) is 25.0. The van der Waals surface area contributed by atoms with Gasteiger partial charge in [0.15, 0.2) is 0 Å². The number of Topliss-reactive ketones (excluding diaryl/α,β-unsaturated/α-hetero) is 2. The molecule has 192 valence electrons. The molecule has 0 saturated carbocycles. The van der Waals surface area contributed by atoms with Crippen LogP contribution in [0.3, 0.4) is 0 Å². The number of hydrogen-bond acceptors (Lipinski definition) is 2. The molecule has 0 heterocycles. The third kappa shape index (κ3) is 11.6. The molecule has 2 unspecified atom stereocenters. The minimum atomic E-state index is 0.280. The van der Waals surface area contributed by atoms with E-state index in [4.69, 9.17) is 0 Å². The van der Waals surface area contributed by atoms with Crippen LogP contribution in [-0.4, -0.2) is 41.5 Å². The Balaban J connectivity index is 0.000000201. The van der Waals surface area contributed by atoms with E-state index in [1.807, 2.05) is 12.1 Å². The van der Waals surface area contributed by atoms with Gasteiger partial charge < -0.3 is 0 Å². The number of benzene rings is 2. The van der Waals surface area contributed by atoms with Crippen LogP contribution in [0.2, 0.25) is 9.63 Å². The Hall–Kier alpha value is -1.70. The second-order valence-electron chi connectivity index (χ2n) is 9.36. The molecule has 0 aliphatic heterocycles. The predicted octanol–water partition coefficient (Wildman–Crippen LogP) is 6.57. The van der Waals surface area contributed by atoms with Gasteiger partial charge in [-0.05, 0) is 0 Å². The molecule has 0 fully saturated rings. The number of ketones is 2. The minimum absolute atomic E-state index is 0.280. The van der Waals surface area contributed by atoms with E-state index in [-0.39, 0.29) is 4.82 Å². The standard InChI is InChI=1S/2C16H20OSe/c2*17-15-12-8-3-1-2-4-9-13-16(15)18-14-10-6-5-7-11-14/h2,4-7,10-11,16H,1,3,8-9,12-13H2;1-2,5-7,10-11,16H,3-4,8-9,12-13H2/b4-2+;2-1+. The van der Waals surface area contributed by atoms with Crippen LogP contribution < -0.4 is 8.92 Å². The third-order valence-corrected chi connectivity index (χ3v) is 11.9. The van der Waals surface area contributed by atoms with E-state index in [9.17, 15) is 9.59 Å². The van der Waals surface area contributed by atoms with Gasteiger partial charge in [0, 0.05) is 0 Å². The molecule has 2 aromatic rings. The Morgan fingerprint density at radius 3 is 1.58 bits per heavy atom. The molecular formula is C32H40O2Se2. The fraction of sp³-hybridized carbons (Fsp3) is 0.438. The van der Waals surface area contributed by atoms with Gasteiger partial charge in [-0.2, -0.15) is 0 Å². The number of carbonyl (C=O) groups excluding carboxylic acids is 2. The predicted molar refractivity (Wildman–Crippen MR) is 155 cm³/mol. The van der Waals surface area contributed by atoms with Gasteiger partial charge in [0.2, 0.25) is 0 Å². The van der Waals surface area contributed by atoms with Crippen molar-refractivity contribution in [2.24, 2.45) is 0 Å². The van der Waals surface area contributed by atoms with E-state index < -0.39 is 0 Å². The van der Waals surface area contributed by atoms with Crippen molar-refractivity contribution in [1.29, 1.82) is 0 Å². The quantitative estimate of drug-likeness (QED) is 0.289. The van der Waals surface area contributed by atoms with Gasteiger partial charge in [-0.3, -0.25) is 0 Å². The first kappa shape index (κ1) is 28.9. The maximum atomic E-state index is 12.2. The molecule has 4 heteroatoms. The summed E-state index contributed by atoms with van der Waals surface area (Å²) in [6, 6.07) is 21.0. The molecule has 0 radical (unpaired) electrons. The number of rotatable bonds is 4.